The molecule has 0 aromatic heterocycles. The highest BCUT2D eigenvalue weighted by atomic mass is 35.5. The molecule has 3 nitrogen and oxygen atoms in total. The minimum Gasteiger partial charge on any atom is -0.325 e. The van der Waals surface area contributed by atoms with E-state index < -0.39 is 0 Å². The van der Waals surface area contributed by atoms with Crippen LogP contribution in [-0.2, 0) is 11.2 Å². The van der Waals surface area contributed by atoms with Crippen molar-refractivity contribution in [2.75, 3.05) is 18.9 Å². The maximum absolute atomic E-state index is 12.3. The van der Waals surface area contributed by atoms with E-state index in [0.717, 1.165) is 24.1 Å². The van der Waals surface area contributed by atoms with Crippen molar-refractivity contribution < 1.29 is 4.79 Å². The molecular weight excluding hydrogens is 308 g/mol. The van der Waals surface area contributed by atoms with Crippen LogP contribution in [0.1, 0.15) is 29.2 Å². The predicted molar refractivity (Wildman–Crippen MR) is 95.0 cm³/mol. The van der Waals surface area contributed by atoms with Crippen molar-refractivity contribution in [1.82, 2.24) is 4.90 Å². The standard InChI is InChI=1S/C19H21ClN2O/c1-13-7-9-15(11-17(13)20)21-19(23)12-22(2)18-10-8-14-5-3-4-6-16(14)18/h3-7,9,11,18H,8,10,12H2,1-2H3,(H,21,23)/t18-/m0/s1. The molecule has 0 heterocycles. The Labute approximate surface area is 142 Å². The number of carbonyl (C=O) groups excluding carboxylic acids is 1. The number of likely N-dealkylation sites (N-methyl/N-ethyl adjacent to an activating group) is 1. The number of fused-ring (bicyclic) bond motifs is 1. The SMILES string of the molecule is Cc1ccc(NC(=O)CN(C)[C@H]2CCc3ccccc32)cc1Cl. The van der Waals surface area contributed by atoms with Crippen LogP contribution in [0.15, 0.2) is 42.5 Å². The number of hydrogen-bond acceptors (Lipinski definition) is 2. The van der Waals surface area contributed by atoms with Gasteiger partial charge in [0.05, 0.1) is 6.54 Å². The summed E-state index contributed by atoms with van der Waals surface area (Å²) >= 11 is 6.10. The number of nitrogens with one attached hydrogen (secondary N) is 1. The van der Waals surface area contributed by atoms with Gasteiger partial charge in [0, 0.05) is 16.8 Å². The maximum Gasteiger partial charge on any atom is 0.238 e. The number of amides is 1. The lowest BCUT2D eigenvalue weighted by Gasteiger charge is -2.24. The van der Waals surface area contributed by atoms with Gasteiger partial charge in [0.15, 0.2) is 0 Å². The number of nitrogens with zero attached hydrogens (tertiary/aromatic N) is 1. The summed E-state index contributed by atoms with van der Waals surface area (Å²) in [6.07, 6.45) is 2.15. The molecule has 1 atom stereocenters. The van der Waals surface area contributed by atoms with Gasteiger partial charge in [-0.2, -0.15) is 0 Å². The molecule has 1 aliphatic carbocycles. The molecule has 0 fully saturated rings. The quantitative estimate of drug-likeness (QED) is 0.912. The number of rotatable bonds is 4. The lowest BCUT2D eigenvalue weighted by Crippen LogP contribution is -2.32. The van der Waals surface area contributed by atoms with Crippen molar-refractivity contribution >= 4 is 23.2 Å². The number of carbonyl (C=O) groups is 1. The van der Waals surface area contributed by atoms with Crippen LogP contribution in [-0.4, -0.2) is 24.4 Å². The zero-order valence-corrected chi connectivity index (χ0v) is 14.2. The second-order valence-electron chi connectivity index (χ2n) is 6.18. The molecular formula is C19H21ClN2O. The van der Waals surface area contributed by atoms with Crippen LogP contribution in [0, 0.1) is 6.92 Å². The van der Waals surface area contributed by atoms with Gasteiger partial charge < -0.3 is 5.32 Å². The molecule has 1 amide bonds. The highest BCUT2D eigenvalue weighted by Gasteiger charge is 2.26. The first kappa shape index (κ1) is 16.0. The Morgan fingerprint density at radius 2 is 2.09 bits per heavy atom. The molecule has 4 heteroatoms. The van der Waals surface area contributed by atoms with Gasteiger partial charge in [-0.25, -0.2) is 0 Å². The fraction of sp³-hybridized carbons (Fsp3) is 0.316. The van der Waals surface area contributed by atoms with Gasteiger partial charge in [0.2, 0.25) is 5.91 Å². The minimum atomic E-state index is -0.0169. The van der Waals surface area contributed by atoms with Crippen molar-refractivity contribution in [3.05, 3.63) is 64.2 Å². The van der Waals surface area contributed by atoms with Crippen LogP contribution in [0.2, 0.25) is 5.02 Å². The van der Waals surface area contributed by atoms with E-state index in [1.54, 1.807) is 6.07 Å². The van der Waals surface area contributed by atoms with Crippen molar-refractivity contribution in [3.8, 4) is 0 Å². The zero-order chi connectivity index (χ0) is 16.4. The van der Waals surface area contributed by atoms with Crippen molar-refractivity contribution in [1.29, 1.82) is 0 Å². The van der Waals surface area contributed by atoms with Gasteiger partial charge in [-0.1, -0.05) is 41.9 Å². The van der Waals surface area contributed by atoms with Crippen molar-refractivity contribution in [2.45, 2.75) is 25.8 Å². The third-order valence-electron chi connectivity index (χ3n) is 4.48. The van der Waals surface area contributed by atoms with Crippen LogP contribution in [0.4, 0.5) is 5.69 Å². The molecule has 0 unspecified atom stereocenters. The lowest BCUT2D eigenvalue weighted by molar-refractivity contribution is -0.117. The summed E-state index contributed by atoms with van der Waals surface area (Å²) in [5.41, 5.74) is 4.49. The average Bonchev–Trinajstić information content (AvgIpc) is 2.95. The molecule has 3 rings (SSSR count). The summed E-state index contributed by atoms with van der Waals surface area (Å²) in [6.45, 7) is 2.31. The average molecular weight is 329 g/mol. The molecule has 1 aliphatic rings. The topological polar surface area (TPSA) is 32.3 Å². The molecule has 0 radical (unpaired) electrons. The Kier molecular flexibility index (Phi) is 4.69. The zero-order valence-electron chi connectivity index (χ0n) is 13.5. The smallest absolute Gasteiger partial charge is 0.238 e. The molecule has 120 valence electrons. The largest absolute Gasteiger partial charge is 0.325 e. The van der Waals surface area contributed by atoms with E-state index in [1.807, 2.05) is 26.1 Å². The first-order valence-corrected chi connectivity index (χ1v) is 8.26. The predicted octanol–water partition coefficient (Wildman–Crippen LogP) is 4.21. The van der Waals surface area contributed by atoms with Crippen molar-refractivity contribution in [2.24, 2.45) is 0 Å². The van der Waals surface area contributed by atoms with Gasteiger partial charge in [0.25, 0.3) is 0 Å². The number of hydrogen-bond donors (Lipinski definition) is 1. The summed E-state index contributed by atoms with van der Waals surface area (Å²) in [4.78, 5) is 14.4. The summed E-state index contributed by atoms with van der Waals surface area (Å²) in [5.74, 6) is -0.0169. The van der Waals surface area contributed by atoms with E-state index in [0.29, 0.717) is 17.6 Å². The second kappa shape index (κ2) is 6.73. The summed E-state index contributed by atoms with van der Waals surface area (Å²) in [6, 6.07) is 14.4. The fourth-order valence-electron chi connectivity index (χ4n) is 3.20. The Morgan fingerprint density at radius 3 is 2.87 bits per heavy atom. The molecule has 0 spiro atoms. The molecule has 0 saturated heterocycles. The minimum absolute atomic E-state index is 0.0169. The number of anilines is 1. The molecule has 0 aliphatic heterocycles. The van der Waals surface area contributed by atoms with Crippen molar-refractivity contribution in [3.63, 3.8) is 0 Å². The van der Waals surface area contributed by atoms with E-state index in [1.165, 1.54) is 11.1 Å². The third kappa shape index (κ3) is 3.57. The molecule has 1 N–H and O–H groups in total. The van der Waals surface area contributed by atoms with Gasteiger partial charge in [-0.15, -0.1) is 0 Å². The molecule has 23 heavy (non-hydrogen) atoms. The lowest BCUT2D eigenvalue weighted by atomic mass is 10.1. The molecule has 0 bridgehead atoms. The highest BCUT2D eigenvalue weighted by Crippen LogP contribution is 2.34. The van der Waals surface area contributed by atoms with Gasteiger partial charge in [0.1, 0.15) is 0 Å². The number of aryl methyl sites for hydroxylation is 2. The van der Waals surface area contributed by atoms with E-state index in [9.17, 15) is 4.79 Å². The first-order chi connectivity index (χ1) is 11.0. The van der Waals surface area contributed by atoms with E-state index in [-0.39, 0.29) is 5.91 Å². The van der Waals surface area contributed by atoms with Crippen LogP contribution in [0.25, 0.3) is 0 Å². The Hall–Kier alpha value is -1.84. The van der Waals surface area contributed by atoms with Gasteiger partial charge in [-0.3, -0.25) is 9.69 Å². The second-order valence-corrected chi connectivity index (χ2v) is 6.59. The Bertz CT molecular complexity index is 729. The summed E-state index contributed by atoms with van der Waals surface area (Å²) < 4.78 is 0. The van der Waals surface area contributed by atoms with E-state index in [2.05, 4.69) is 34.5 Å². The molecule has 2 aromatic rings. The van der Waals surface area contributed by atoms with Gasteiger partial charge in [-0.05, 0) is 55.6 Å². The fourth-order valence-corrected chi connectivity index (χ4v) is 3.38. The first-order valence-electron chi connectivity index (χ1n) is 7.88. The normalized spacial score (nSPS) is 16.4. The molecule has 2 aromatic carbocycles. The maximum atomic E-state index is 12.3. The van der Waals surface area contributed by atoms with E-state index in [4.69, 9.17) is 11.6 Å². The Balaban J connectivity index is 1.63. The third-order valence-corrected chi connectivity index (χ3v) is 4.89. The summed E-state index contributed by atoms with van der Waals surface area (Å²) in [5, 5.41) is 3.59. The number of benzene rings is 2. The Morgan fingerprint density at radius 1 is 1.30 bits per heavy atom. The van der Waals surface area contributed by atoms with Crippen LogP contribution >= 0.6 is 11.6 Å². The summed E-state index contributed by atoms with van der Waals surface area (Å²) in [7, 11) is 2.01. The highest BCUT2D eigenvalue weighted by molar-refractivity contribution is 6.31. The molecule has 0 saturated carbocycles. The van der Waals surface area contributed by atoms with Crippen LogP contribution < -0.4 is 5.32 Å². The monoisotopic (exact) mass is 328 g/mol. The van der Waals surface area contributed by atoms with E-state index >= 15 is 0 Å². The van der Waals surface area contributed by atoms with Crippen LogP contribution in [0.3, 0.4) is 0 Å². The number of halogens is 1. The van der Waals surface area contributed by atoms with Crippen LogP contribution in [0.5, 0.6) is 0 Å². The van der Waals surface area contributed by atoms with Gasteiger partial charge >= 0.3 is 0 Å².